The molecule has 0 radical (unpaired) electrons. The van der Waals surface area contributed by atoms with Crippen molar-refractivity contribution >= 4 is 24.0 Å². The summed E-state index contributed by atoms with van der Waals surface area (Å²) < 4.78 is 27.8. The third-order valence-electron chi connectivity index (χ3n) is 6.94. The van der Waals surface area contributed by atoms with Gasteiger partial charge in [-0.3, -0.25) is 0 Å². The van der Waals surface area contributed by atoms with Gasteiger partial charge in [0.2, 0.25) is 0 Å². The van der Waals surface area contributed by atoms with E-state index in [0.29, 0.717) is 0 Å². The van der Waals surface area contributed by atoms with E-state index in [-0.39, 0.29) is 30.9 Å². The third kappa shape index (κ3) is 9.96. The zero-order valence-corrected chi connectivity index (χ0v) is 33.4. The van der Waals surface area contributed by atoms with Gasteiger partial charge in [-0.05, 0) is 0 Å². The van der Waals surface area contributed by atoms with Gasteiger partial charge in [0.15, 0.2) is 0 Å². The number of hydrogen-bond acceptors (Lipinski definition) is 4. The first-order valence-corrected chi connectivity index (χ1v) is 20.0. The van der Waals surface area contributed by atoms with Gasteiger partial charge in [0.05, 0.1) is 0 Å². The monoisotopic (exact) mass is 652 g/mol. The van der Waals surface area contributed by atoms with Crippen LogP contribution in [0.25, 0.3) is 0 Å². The molecule has 0 fully saturated rings. The molecular weight excluding hydrogens is 589 g/mol. The average Bonchev–Trinajstić information content (AvgIpc) is 2.77. The first kappa shape index (κ1) is 38.1. The van der Waals surface area contributed by atoms with Crippen molar-refractivity contribution in [2.75, 3.05) is 0 Å². The van der Waals surface area contributed by atoms with E-state index in [9.17, 15) is 0 Å². The molecule has 0 aliphatic carbocycles. The number of rotatable bonds is 8. The third-order valence-corrected chi connectivity index (χ3v) is 17.6. The van der Waals surface area contributed by atoms with E-state index in [4.69, 9.17) is 18.1 Å². The van der Waals surface area contributed by atoms with Crippen molar-refractivity contribution in [3.63, 3.8) is 0 Å². The normalized spacial score (nSPS) is 14.6. The molecule has 2 aromatic carbocycles. The Labute approximate surface area is 268 Å². The molecule has 0 aliphatic heterocycles. The number of hydrogen-bond donors (Lipinski definition) is 0. The fraction of sp³-hybridized carbons (Fsp3) is 0.667. The fourth-order valence-corrected chi connectivity index (χ4v) is 16.3. The van der Waals surface area contributed by atoms with Crippen LogP contribution in [0.2, 0.25) is 0 Å². The van der Waals surface area contributed by atoms with Crippen molar-refractivity contribution in [1.29, 1.82) is 0 Å². The molecule has 2 aromatic rings. The van der Waals surface area contributed by atoms with Gasteiger partial charge < -0.3 is 0 Å². The predicted octanol–water partition coefficient (Wildman–Crippen LogP) is 13.1. The van der Waals surface area contributed by atoms with Crippen LogP contribution in [0.15, 0.2) is 48.5 Å². The Morgan fingerprint density at radius 2 is 0.674 bits per heavy atom. The summed E-state index contributed by atoms with van der Waals surface area (Å²) in [6.45, 7) is 40.6. The Balaban J connectivity index is 2.56. The standard InChI is InChI=1S/C36H63O4P3/c1-31(2,3)41(32(4,5)6)37-27-21-19-23-29(25-27)39-43(35(13,14)15,36(16,17)18)40-30-24-20-22-28(26-30)38-42(33(7,8)9)34(10,11)12/h19-26,43H,1-18H3. The summed E-state index contributed by atoms with van der Waals surface area (Å²) in [5.41, 5.74) is 0. The van der Waals surface area contributed by atoms with Gasteiger partial charge in [-0.15, -0.1) is 0 Å². The molecule has 0 heterocycles. The van der Waals surface area contributed by atoms with Gasteiger partial charge in [0.25, 0.3) is 0 Å². The van der Waals surface area contributed by atoms with Crippen LogP contribution in [0.5, 0.6) is 23.0 Å². The summed E-state index contributed by atoms with van der Waals surface area (Å²) in [4.78, 5) is 0. The molecule has 43 heavy (non-hydrogen) atoms. The maximum atomic E-state index is 7.16. The predicted molar refractivity (Wildman–Crippen MR) is 196 cm³/mol. The summed E-state index contributed by atoms with van der Waals surface area (Å²) in [6.07, 6.45) is 0. The quantitative estimate of drug-likeness (QED) is 0.266. The molecule has 0 bridgehead atoms. The molecule has 0 saturated carbocycles. The summed E-state index contributed by atoms with van der Waals surface area (Å²) in [5, 5.41) is -0.364. The van der Waals surface area contributed by atoms with Crippen molar-refractivity contribution in [3.8, 4) is 23.0 Å². The van der Waals surface area contributed by atoms with Crippen molar-refractivity contribution in [3.05, 3.63) is 48.5 Å². The minimum atomic E-state index is -3.05. The van der Waals surface area contributed by atoms with Crippen LogP contribution in [0.1, 0.15) is 125 Å². The fourth-order valence-electron chi connectivity index (χ4n) is 6.05. The van der Waals surface area contributed by atoms with Crippen molar-refractivity contribution in [2.45, 2.75) is 156 Å². The van der Waals surface area contributed by atoms with E-state index in [1.807, 2.05) is 36.4 Å². The zero-order chi connectivity index (χ0) is 33.4. The van der Waals surface area contributed by atoms with Crippen molar-refractivity contribution in [2.24, 2.45) is 0 Å². The van der Waals surface area contributed by atoms with Crippen LogP contribution < -0.4 is 18.1 Å². The molecule has 246 valence electrons. The van der Waals surface area contributed by atoms with Crippen LogP contribution in [-0.2, 0) is 0 Å². The van der Waals surface area contributed by atoms with Crippen LogP contribution in [0.4, 0.5) is 0 Å². The summed E-state index contributed by atoms with van der Waals surface area (Å²) in [5.74, 6) is 3.24. The SMILES string of the molecule is CC(C)(C)P(Oc1cccc(O[PH](Oc2cccc(OP(C(C)(C)C)C(C)(C)C)c2)(C(C)(C)C)C(C)(C)C)c1)C(C)(C)C. The van der Waals surface area contributed by atoms with Crippen molar-refractivity contribution in [1.82, 2.24) is 0 Å². The Hall–Kier alpha value is -1.07. The van der Waals surface area contributed by atoms with Crippen LogP contribution in [0.3, 0.4) is 0 Å². The molecule has 0 aromatic heterocycles. The van der Waals surface area contributed by atoms with E-state index >= 15 is 0 Å². The molecule has 0 saturated heterocycles. The van der Waals surface area contributed by atoms with Gasteiger partial charge in [0, 0.05) is 0 Å². The average molecular weight is 653 g/mol. The molecule has 0 atom stereocenters. The Bertz CT molecular complexity index is 1080. The molecule has 0 aliphatic rings. The van der Waals surface area contributed by atoms with E-state index in [1.54, 1.807) is 0 Å². The zero-order valence-electron chi connectivity index (χ0n) is 30.6. The molecule has 2 rings (SSSR count). The minimum absolute atomic E-state index is 0.0380. The Morgan fingerprint density at radius 3 is 0.907 bits per heavy atom. The van der Waals surface area contributed by atoms with Gasteiger partial charge in [-0.2, -0.15) is 0 Å². The maximum absolute atomic E-state index is 7.16. The van der Waals surface area contributed by atoms with E-state index in [2.05, 4.69) is 137 Å². The second-order valence-corrected chi connectivity index (χ2v) is 29.3. The van der Waals surface area contributed by atoms with Gasteiger partial charge >= 0.3 is 269 Å². The van der Waals surface area contributed by atoms with E-state index in [1.165, 1.54) is 0 Å². The van der Waals surface area contributed by atoms with Crippen LogP contribution in [-0.4, -0.2) is 30.9 Å². The van der Waals surface area contributed by atoms with E-state index in [0.717, 1.165) is 23.0 Å². The second kappa shape index (κ2) is 13.0. The summed E-state index contributed by atoms with van der Waals surface area (Å²) in [7, 11) is -4.58. The Morgan fingerprint density at radius 1 is 0.419 bits per heavy atom. The second-order valence-electron chi connectivity index (χ2n) is 17.7. The van der Waals surface area contributed by atoms with Crippen molar-refractivity contribution < 1.29 is 18.1 Å². The first-order valence-electron chi connectivity index (χ1n) is 15.6. The molecular formula is C36H63O4P3. The van der Waals surface area contributed by atoms with Gasteiger partial charge in [-0.25, -0.2) is 0 Å². The molecule has 0 unspecified atom stereocenters. The molecule has 0 N–H and O–H groups in total. The number of benzene rings is 2. The molecule has 4 nitrogen and oxygen atoms in total. The molecule has 0 amide bonds. The van der Waals surface area contributed by atoms with Crippen LogP contribution in [0, 0.1) is 0 Å². The van der Waals surface area contributed by atoms with Gasteiger partial charge in [0.1, 0.15) is 0 Å². The summed E-state index contributed by atoms with van der Waals surface area (Å²) >= 11 is 0. The van der Waals surface area contributed by atoms with E-state index < -0.39 is 24.0 Å². The topological polar surface area (TPSA) is 36.9 Å². The van der Waals surface area contributed by atoms with Gasteiger partial charge in [-0.1, -0.05) is 0 Å². The summed E-state index contributed by atoms with van der Waals surface area (Å²) in [6, 6.07) is 16.3. The Kier molecular flexibility index (Phi) is 11.5. The van der Waals surface area contributed by atoms with Crippen LogP contribution >= 0.6 is 24.0 Å². The molecule has 0 spiro atoms. The molecule has 7 heteroatoms. The first-order chi connectivity index (χ1) is 19.1.